The lowest BCUT2D eigenvalue weighted by Crippen LogP contribution is -2.62. The molecule has 2 fully saturated rings. The van der Waals surface area contributed by atoms with Crippen LogP contribution in [0.15, 0.2) is 35.3 Å². The van der Waals surface area contributed by atoms with Crippen molar-refractivity contribution in [1.82, 2.24) is 20.4 Å². The third-order valence-corrected chi connectivity index (χ3v) is 6.76. The van der Waals surface area contributed by atoms with E-state index in [1.807, 2.05) is 25.2 Å². The van der Waals surface area contributed by atoms with Gasteiger partial charge in [0.2, 0.25) is 0 Å². The Morgan fingerprint density at radius 2 is 1.73 bits per heavy atom. The minimum Gasteiger partial charge on any atom is -0.396 e. The van der Waals surface area contributed by atoms with Gasteiger partial charge < -0.3 is 20.6 Å². The molecule has 2 saturated heterocycles. The van der Waals surface area contributed by atoms with Gasteiger partial charge in [0, 0.05) is 31.6 Å². The second-order valence-electron chi connectivity index (χ2n) is 8.67. The van der Waals surface area contributed by atoms with Crippen LogP contribution in [-0.2, 0) is 0 Å². The molecule has 1 unspecified atom stereocenters. The van der Waals surface area contributed by atoms with E-state index >= 15 is 0 Å². The first-order valence-electron chi connectivity index (χ1n) is 11.2. The molecule has 7 heteroatoms. The number of aliphatic hydroxyl groups excluding tert-OH is 1. The van der Waals surface area contributed by atoms with Gasteiger partial charge in [-0.25, -0.2) is 0 Å². The lowest BCUT2D eigenvalue weighted by atomic mass is 9.84. The van der Waals surface area contributed by atoms with Gasteiger partial charge in [-0.05, 0) is 64.5 Å². The number of halogens is 1. The Morgan fingerprint density at radius 3 is 2.33 bits per heavy atom. The molecule has 0 radical (unpaired) electrons. The van der Waals surface area contributed by atoms with Crippen LogP contribution in [0.2, 0.25) is 0 Å². The van der Waals surface area contributed by atoms with Crippen molar-refractivity contribution in [3.05, 3.63) is 35.9 Å². The number of nitrogens with zero attached hydrogens (tertiary/aromatic N) is 3. The Balaban J connectivity index is 0.00000320. The number of aliphatic imine (C=N–C) groups is 1. The summed E-state index contributed by atoms with van der Waals surface area (Å²) in [7, 11) is 4.06. The first-order chi connectivity index (χ1) is 14.2. The fourth-order valence-electron chi connectivity index (χ4n) is 4.71. The average molecular weight is 530 g/mol. The van der Waals surface area contributed by atoms with Crippen LogP contribution < -0.4 is 10.6 Å². The predicted molar refractivity (Wildman–Crippen MR) is 136 cm³/mol. The van der Waals surface area contributed by atoms with Crippen molar-refractivity contribution in [2.45, 2.75) is 43.6 Å². The fourth-order valence-corrected chi connectivity index (χ4v) is 4.71. The zero-order chi connectivity index (χ0) is 20.5. The van der Waals surface area contributed by atoms with Crippen molar-refractivity contribution in [1.29, 1.82) is 0 Å². The summed E-state index contributed by atoms with van der Waals surface area (Å²) in [6, 6.07) is 10.2. The minimum absolute atomic E-state index is 0. The van der Waals surface area contributed by atoms with Crippen LogP contribution in [-0.4, -0.2) is 86.4 Å². The van der Waals surface area contributed by atoms with E-state index < -0.39 is 0 Å². The number of piperidine rings is 2. The molecule has 0 aliphatic carbocycles. The number of aliphatic hydroxyl groups is 1. The Bertz CT molecular complexity index is 628. The van der Waals surface area contributed by atoms with E-state index in [-0.39, 0.29) is 42.0 Å². The summed E-state index contributed by atoms with van der Waals surface area (Å²) in [5.41, 5.74) is 1.37. The zero-order valence-electron chi connectivity index (χ0n) is 18.6. The van der Waals surface area contributed by atoms with E-state index in [9.17, 15) is 5.11 Å². The van der Waals surface area contributed by atoms with Gasteiger partial charge in [-0.1, -0.05) is 36.8 Å². The molecule has 0 saturated carbocycles. The van der Waals surface area contributed by atoms with Crippen LogP contribution in [0.5, 0.6) is 0 Å². The van der Waals surface area contributed by atoms with E-state index in [4.69, 9.17) is 0 Å². The topological polar surface area (TPSA) is 63.1 Å². The summed E-state index contributed by atoms with van der Waals surface area (Å²) >= 11 is 0. The molecule has 0 amide bonds. The van der Waals surface area contributed by atoms with Gasteiger partial charge in [0.1, 0.15) is 0 Å². The number of rotatable bonds is 7. The molecule has 170 valence electrons. The molecular weight excluding hydrogens is 489 g/mol. The van der Waals surface area contributed by atoms with Crippen LogP contribution >= 0.6 is 24.0 Å². The van der Waals surface area contributed by atoms with Gasteiger partial charge in [-0.2, -0.15) is 0 Å². The molecular formula is C23H40IN5O. The summed E-state index contributed by atoms with van der Waals surface area (Å²) in [6.07, 6.45) is 6.42. The van der Waals surface area contributed by atoms with Crippen molar-refractivity contribution in [3.8, 4) is 0 Å². The maximum atomic E-state index is 9.82. The Kier molecular flexibility index (Phi) is 10.8. The predicted octanol–water partition coefficient (Wildman–Crippen LogP) is 2.50. The largest absolute Gasteiger partial charge is 0.396 e. The monoisotopic (exact) mass is 529 g/mol. The molecule has 0 aromatic heterocycles. The summed E-state index contributed by atoms with van der Waals surface area (Å²) in [4.78, 5) is 9.63. The molecule has 2 aliphatic rings. The first kappa shape index (κ1) is 25.4. The van der Waals surface area contributed by atoms with Crippen molar-refractivity contribution in [3.63, 3.8) is 0 Å². The normalized spacial score (nSPS) is 21.5. The zero-order valence-corrected chi connectivity index (χ0v) is 21.0. The van der Waals surface area contributed by atoms with E-state index in [1.54, 1.807) is 0 Å². The SMILES string of the molecule is CN=C(NCC(CO)c1ccccc1)NCC1(N2CCCCC2)CCN(C)CC1.I. The van der Waals surface area contributed by atoms with Gasteiger partial charge >= 0.3 is 0 Å². The van der Waals surface area contributed by atoms with Gasteiger partial charge in [0.05, 0.1) is 6.61 Å². The van der Waals surface area contributed by atoms with E-state index in [2.05, 4.69) is 44.6 Å². The number of hydrogen-bond donors (Lipinski definition) is 3. The summed E-state index contributed by atoms with van der Waals surface area (Å²) in [6.45, 7) is 6.47. The highest BCUT2D eigenvalue weighted by Crippen LogP contribution is 2.30. The van der Waals surface area contributed by atoms with Crippen LogP contribution in [0.4, 0.5) is 0 Å². The number of likely N-dealkylation sites (tertiary alicyclic amines) is 2. The van der Waals surface area contributed by atoms with Crippen LogP contribution in [0.25, 0.3) is 0 Å². The van der Waals surface area contributed by atoms with Gasteiger partial charge in [-0.3, -0.25) is 9.89 Å². The van der Waals surface area contributed by atoms with Crippen molar-refractivity contribution in [2.75, 3.05) is 60.0 Å². The second-order valence-corrected chi connectivity index (χ2v) is 8.67. The molecule has 0 spiro atoms. The van der Waals surface area contributed by atoms with E-state index in [0.29, 0.717) is 6.54 Å². The maximum Gasteiger partial charge on any atom is 0.191 e. The van der Waals surface area contributed by atoms with Crippen LogP contribution in [0, 0.1) is 0 Å². The highest BCUT2D eigenvalue weighted by atomic mass is 127. The summed E-state index contributed by atoms with van der Waals surface area (Å²) < 4.78 is 0. The van der Waals surface area contributed by atoms with Gasteiger partial charge in [0.25, 0.3) is 0 Å². The summed E-state index contributed by atoms with van der Waals surface area (Å²) in [5, 5.41) is 16.9. The second kappa shape index (κ2) is 12.8. The molecule has 2 aliphatic heterocycles. The summed E-state index contributed by atoms with van der Waals surface area (Å²) in [5.74, 6) is 0.892. The number of benzene rings is 1. The Labute approximate surface area is 199 Å². The molecule has 3 rings (SSSR count). The number of guanidine groups is 1. The van der Waals surface area contributed by atoms with E-state index in [0.717, 1.165) is 31.2 Å². The first-order valence-corrected chi connectivity index (χ1v) is 11.2. The quantitative estimate of drug-likeness (QED) is 0.288. The molecule has 1 atom stereocenters. The third-order valence-electron chi connectivity index (χ3n) is 6.76. The lowest BCUT2D eigenvalue weighted by molar-refractivity contribution is 0.0173. The molecule has 1 aromatic rings. The average Bonchev–Trinajstić information content (AvgIpc) is 2.79. The van der Waals surface area contributed by atoms with Crippen molar-refractivity contribution < 1.29 is 5.11 Å². The van der Waals surface area contributed by atoms with Gasteiger partial charge in [-0.15, -0.1) is 24.0 Å². The number of nitrogens with one attached hydrogen (secondary N) is 2. The fraction of sp³-hybridized carbons (Fsp3) is 0.696. The van der Waals surface area contributed by atoms with Crippen molar-refractivity contribution >= 4 is 29.9 Å². The smallest absolute Gasteiger partial charge is 0.191 e. The van der Waals surface area contributed by atoms with Crippen LogP contribution in [0.3, 0.4) is 0 Å². The molecule has 0 bridgehead atoms. The molecule has 1 aromatic carbocycles. The third kappa shape index (κ3) is 6.80. The number of hydrogen-bond acceptors (Lipinski definition) is 4. The van der Waals surface area contributed by atoms with Gasteiger partial charge in [0.15, 0.2) is 5.96 Å². The standard InChI is InChI=1S/C23H39N5O.HI/c1-24-22(25-17-21(18-29)20-9-5-3-6-10-20)26-19-23(11-15-27(2)16-12-23)28-13-7-4-8-14-28;/h3,5-6,9-10,21,29H,4,7-8,11-19H2,1-2H3,(H2,24,25,26);1H. The van der Waals surface area contributed by atoms with Crippen LogP contribution in [0.1, 0.15) is 43.6 Å². The molecule has 3 N–H and O–H groups in total. The maximum absolute atomic E-state index is 9.82. The minimum atomic E-state index is 0. The highest BCUT2D eigenvalue weighted by molar-refractivity contribution is 14.0. The molecule has 30 heavy (non-hydrogen) atoms. The Morgan fingerprint density at radius 1 is 1.07 bits per heavy atom. The molecule has 6 nitrogen and oxygen atoms in total. The Hall–Kier alpha value is -0.900. The lowest BCUT2D eigenvalue weighted by Gasteiger charge is -2.50. The molecule has 2 heterocycles. The van der Waals surface area contributed by atoms with Crippen molar-refractivity contribution in [2.24, 2.45) is 4.99 Å². The van der Waals surface area contributed by atoms with E-state index in [1.165, 1.54) is 45.2 Å². The highest BCUT2D eigenvalue weighted by Gasteiger charge is 2.39.